The van der Waals surface area contributed by atoms with Crippen LogP contribution >= 0.6 is 11.6 Å². The van der Waals surface area contributed by atoms with Crippen LogP contribution in [0.3, 0.4) is 0 Å². The van der Waals surface area contributed by atoms with Crippen molar-refractivity contribution in [2.45, 2.75) is 18.7 Å². The summed E-state index contributed by atoms with van der Waals surface area (Å²) in [5.41, 5.74) is 1.56. The lowest BCUT2D eigenvalue weighted by atomic mass is 9.96. The summed E-state index contributed by atoms with van der Waals surface area (Å²) in [5.74, 6) is 0.947. The van der Waals surface area contributed by atoms with Crippen molar-refractivity contribution < 1.29 is 4.39 Å². The molecule has 0 atom stereocenters. The van der Waals surface area contributed by atoms with Crippen LogP contribution in [-0.4, -0.2) is 38.6 Å². The third kappa shape index (κ3) is 3.83. The molecule has 1 aliphatic rings. The Labute approximate surface area is 120 Å². The summed E-state index contributed by atoms with van der Waals surface area (Å²) in [7, 11) is 4.22. The molecule has 0 amide bonds. The van der Waals surface area contributed by atoms with Crippen molar-refractivity contribution in [3.05, 3.63) is 29.6 Å². The lowest BCUT2D eigenvalue weighted by Crippen LogP contribution is -2.37. The predicted molar refractivity (Wildman–Crippen MR) is 79.4 cm³/mol. The molecule has 1 aliphatic heterocycles. The van der Waals surface area contributed by atoms with Crippen LogP contribution in [0.5, 0.6) is 0 Å². The minimum atomic E-state index is -0.149. The van der Waals surface area contributed by atoms with Crippen molar-refractivity contribution >= 4 is 17.3 Å². The van der Waals surface area contributed by atoms with E-state index < -0.39 is 0 Å². The average molecular weight is 285 g/mol. The van der Waals surface area contributed by atoms with Gasteiger partial charge in [0, 0.05) is 25.5 Å². The third-order valence-corrected chi connectivity index (χ3v) is 4.05. The van der Waals surface area contributed by atoms with Gasteiger partial charge in [-0.2, -0.15) is 0 Å². The Morgan fingerprint density at radius 2 is 2.00 bits per heavy atom. The van der Waals surface area contributed by atoms with Crippen molar-refractivity contribution in [3.63, 3.8) is 0 Å². The highest BCUT2D eigenvalue weighted by Crippen LogP contribution is 2.26. The molecule has 2 rings (SSSR count). The van der Waals surface area contributed by atoms with Crippen LogP contribution in [0.1, 0.15) is 18.4 Å². The van der Waals surface area contributed by atoms with Crippen LogP contribution in [0.2, 0.25) is 0 Å². The van der Waals surface area contributed by atoms with Gasteiger partial charge < -0.3 is 9.80 Å². The molecule has 19 heavy (non-hydrogen) atoms. The van der Waals surface area contributed by atoms with Crippen molar-refractivity contribution in [2.75, 3.05) is 38.6 Å². The Balaban J connectivity index is 1.97. The zero-order valence-corrected chi connectivity index (χ0v) is 12.5. The molecule has 0 N–H and O–H groups in total. The minimum Gasteiger partial charge on any atom is -0.369 e. The third-order valence-electron chi connectivity index (χ3n) is 3.74. The second-order valence-corrected chi connectivity index (χ2v) is 5.88. The number of nitrogens with zero attached hydrogens (tertiary/aromatic N) is 2. The number of hydrogen-bond donors (Lipinski definition) is 0. The molecule has 0 spiro atoms. The van der Waals surface area contributed by atoms with E-state index in [0.717, 1.165) is 49.6 Å². The zero-order valence-electron chi connectivity index (χ0n) is 11.7. The average Bonchev–Trinajstić information content (AvgIpc) is 2.39. The molecule has 1 heterocycles. The molecule has 0 aliphatic carbocycles. The van der Waals surface area contributed by atoms with Crippen LogP contribution in [0.25, 0.3) is 0 Å². The summed E-state index contributed by atoms with van der Waals surface area (Å²) in [6, 6.07) is 5.32. The Morgan fingerprint density at radius 3 is 2.53 bits per heavy atom. The molecular formula is C15H22ClFN2. The Morgan fingerprint density at radius 1 is 1.32 bits per heavy atom. The molecule has 0 bridgehead atoms. The monoisotopic (exact) mass is 284 g/mol. The first-order chi connectivity index (χ1) is 9.10. The fourth-order valence-electron chi connectivity index (χ4n) is 2.76. The van der Waals surface area contributed by atoms with Gasteiger partial charge in [0.05, 0.1) is 5.69 Å². The number of rotatable bonds is 4. The van der Waals surface area contributed by atoms with Gasteiger partial charge in [0.25, 0.3) is 0 Å². The Bertz CT molecular complexity index is 415. The number of anilines is 1. The number of hydrogen-bond acceptors (Lipinski definition) is 2. The van der Waals surface area contributed by atoms with Gasteiger partial charge in [-0.1, -0.05) is 6.07 Å². The Hall–Kier alpha value is -0.800. The van der Waals surface area contributed by atoms with Gasteiger partial charge in [0.2, 0.25) is 0 Å². The van der Waals surface area contributed by atoms with Crippen LogP contribution in [0, 0.1) is 11.7 Å². The molecule has 1 fully saturated rings. The van der Waals surface area contributed by atoms with E-state index in [2.05, 4.69) is 23.9 Å². The van der Waals surface area contributed by atoms with Crippen LogP contribution in [0.4, 0.5) is 10.1 Å². The largest absolute Gasteiger partial charge is 0.369 e. The van der Waals surface area contributed by atoms with E-state index >= 15 is 0 Å². The number of halogens is 2. The summed E-state index contributed by atoms with van der Waals surface area (Å²) in [6.45, 7) is 3.01. The zero-order chi connectivity index (χ0) is 13.8. The number of benzene rings is 1. The van der Waals surface area contributed by atoms with Gasteiger partial charge in [-0.15, -0.1) is 11.6 Å². The van der Waals surface area contributed by atoms with Crippen LogP contribution in [-0.2, 0) is 5.88 Å². The standard InChI is InChI=1S/C15H22ClFN2/c1-18(2)11-12-5-7-19(8-6-12)15-4-3-13(10-16)9-14(15)17/h3-4,9,12H,5-8,10-11H2,1-2H3. The molecule has 0 unspecified atom stereocenters. The van der Waals surface area contributed by atoms with Gasteiger partial charge in [-0.05, 0) is 50.6 Å². The van der Waals surface area contributed by atoms with Gasteiger partial charge >= 0.3 is 0 Å². The second kappa shape index (κ2) is 6.58. The normalized spacial score (nSPS) is 17.2. The maximum Gasteiger partial charge on any atom is 0.146 e. The van der Waals surface area contributed by atoms with E-state index in [0.29, 0.717) is 5.88 Å². The topological polar surface area (TPSA) is 6.48 Å². The van der Waals surface area contributed by atoms with Crippen molar-refractivity contribution in [1.29, 1.82) is 0 Å². The molecule has 1 aromatic carbocycles. The van der Waals surface area contributed by atoms with E-state index in [-0.39, 0.29) is 5.82 Å². The predicted octanol–water partition coefficient (Wildman–Crippen LogP) is 3.34. The van der Waals surface area contributed by atoms with Gasteiger partial charge in [0.1, 0.15) is 5.82 Å². The number of piperidine rings is 1. The summed E-state index contributed by atoms with van der Waals surface area (Å²) in [4.78, 5) is 4.38. The molecule has 0 aromatic heterocycles. The lowest BCUT2D eigenvalue weighted by molar-refractivity contribution is 0.284. The van der Waals surface area contributed by atoms with Crippen molar-refractivity contribution in [3.8, 4) is 0 Å². The quantitative estimate of drug-likeness (QED) is 0.783. The molecule has 0 saturated carbocycles. The van der Waals surface area contributed by atoms with E-state index in [1.807, 2.05) is 12.1 Å². The molecule has 2 nitrogen and oxygen atoms in total. The smallest absolute Gasteiger partial charge is 0.146 e. The molecule has 106 valence electrons. The maximum atomic E-state index is 14.0. The van der Waals surface area contributed by atoms with Crippen LogP contribution < -0.4 is 4.90 Å². The number of alkyl halides is 1. The Kier molecular flexibility index (Phi) is 5.06. The first-order valence-corrected chi connectivity index (χ1v) is 7.37. The summed E-state index contributed by atoms with van der Waals surface area (Å²) < 4.78 is 14.0. The molecule has 0 radical (unpaired) electrons. The lowest BCUT2D eigenvalue weighted by Gasteiger charge is -2.34. The van der Waals surface area contributed by atoms with Gasteiger partial charge in [-0.3, -0.25) is 0 Å². The molecule has 4 heteroatoms. The molecule has 1 aromatic rings. The van der Waals surface area contributed by atoms with E-state index in [1.54, 1.807) is 6.07 Å². The summed E-state index contributed by atoms with van der Waals surface area (Å²) in [5, 5.41) is 0. The van der Waals surface area contributed by atoms with Gasteiger partial charge in [0.15, 0.2) is 0 Å². The van der Waals surface area contributed by atoms with Crippen molar-refractivity contribution in [2.24, 2.45) is 5.92 Å². The SMILES string of the molecule is CN(C)CC1CCN(c2ccc(CCl)cc2F)CC1. The second-order valence-electron chi connectivity index (χ2n) is 5.61. The van der Waals surface area contributed by atoms with E-state index in [1.165, 1.54) is 0 Å². The first kappa shape index (κ1) is 14.6. The van der Waals surface area contributed by atoms with Crippen LogP contribution in [0.15, 0.2) is 18.2 Å². The minimum absolute atomic E-state index is 0.149. The molecule has 1 saturated heterocycles. The fourth-order valence-corrected chi connectivity index (χ4v) is 2.93. The highest BCUT2D eigenvalue weighted by atomic mass is 35.5. The maximum absolute atomic E-state index is 14.0. The highest BCUT2D eigenvalue weighted by Gasteiger charge is 2.21. The van der Waals surface area contributed by atoms with E-state index in [4.69, 9.17) is 11.6 Å². The summed E-state index contributed by atoms with van der Waals surface area (Å²) in [6.07, 6.45) is 2.27. The van der Waals surface area contributed by atoms with Crippen molar-refractivity contribution in [1.82, 2.24) is 4.90 Å². The molecular weight excluding hydrogens is 263 g/mol. The fraction of sp³-hybridized carbons (Fsp3) is 0.600. The highest BCUT2D eigenvalue weighted by molar-refractivity contribution is 6.17. The van der Waals surface area contributed by atoms with E-state index in [9.17, 15) is 4.39 Å². The summed E-state index contributed by atoms with van der Waals surface area (Å²) >= 11 is 5.72. The van der Waals surface area contributed by atoms with Gasteiger partial charge in [-0.25, -0.2) is 4.39 Å². The first-order valence-electron chi connectivity index (χ1n) is 6.84.